The van der Waals surface area contributed by atoms with Crippen LogP contribution in [0, 0.1) is 5.92 Å². The van der Waals surface area contributed by atoms with E-state index in [2.05, 4.69) is 60.6 Å². The second kappa shape index (κ2) is 6.90. The van der Waals surface area contributed by atoms with Crippen LogP contribution in [0.3, 0.4) is 0 Å². The molecular formula is C22H35NO. The maximum Gasteiger partial charge on any atom is 0.128 e. The monoisotopic (exact) mass is 329 g/mol. The molecule has 0 unspecified atom stereocenters. The fourth-order valence-corrected chi connectivity index (χ4v) is 3.45. The molecule has 0 bridgehead atoms. The molecule has 1 aromatic rings. The number of aliphatic imine (C=N–C) groups is 1. The average Bonchev–Trinajstić information content (AvgIpc) is 2.45. The van der Waals surface area contributed by atoms with Crippen LogP contribution in [0.5, 0.6) is 5.75 Å². The summed E-state index contributed by atoms with van der Waals surface area (Å²) in [5, 5.41) is 10.8. The first-order chi connectivity index (χ1) is 11.0. The summed E-state index contributed by atoms with van der Waals surface area (Å²) in [5.41, 5.74) is 3.09. The highest BCUT2D eigenvalue weighted by Crippen LogP contribution is 2.37. The van der Waals surface area contributed by atoms with Crippen LogP contribution in [0.1, 0.15) is 90.8 Å². The number of rotatable bonds is 2. The number of hydrogen-bond donors (Lipinski definition) is 1. The van der Waals surface area contributed by atoms with Crippen LogP contribution in [0.25, 0.3) is 0 Å². The van der Waals surface area contributed by atoms with Gasteiger partial charge in [0, 0.05) is 17.3 Å². The van der Waals surface area contributed by atoms with E-state index >= 15 is 0 Å². The minimum Gasteiger partial charge on any atom is -0.507 e. The van der Waals surface area contributed by atoms with Gasteiger partial charge in [-0.05, 0) is 41.2 Å². The van der Waals surface area contributed by atoms with Gasteiger partial charge >= 0.3 is 0 Å². The smallest absolute Gasteiger partial charge is 0.128 e. The van der Waals surface area contributed by atoms with Crippen molar-refractivity contribution >= 4 is 6.21 Å². The van der Waals surface area contributed by atoms with Crippen molar-refractivity contribution in [1.29, 1.82) is 0 Å². The number of phenolic OH excluding ortho intramolecular Hbond substituents is 1. The van der Waals surface area contributed by atoms with Crippen molar-refractivity contribution in [1.82, 2.24) is 0 Å². The lowest BCUT2D eigenvalue weighted by Crippen LogP contribution is -2.21. The largest absolute Gasteiger partial charge is 0.507 e. The lowest BCUT2D eigenvalue weighted by Gasteiger charge is -2.27. The number of aromatic hydroxyl groups is 1. The van der Waals surface area contributed by atoms with Gasteiger partial charge in [0.05, 0.1) is 6.04 Å². The molecule has 0 spiro atoms. The molecule has 134 valence electrons. The van der Waals surface area contributed by atoms with Gasteiger partial charge in [0.2, 0.25) is 0 Å². The zero-order chi connectivity index (χ0) is 18.1. The van der Waals surface area contributed by atoms with Crippen molar-refractivity contribution in [3.63, 3.8) is 0 Å². The molecule has 1 aliphatic rings. The van der Waals surface area contributed by atoms with E-state index in [0.717, 1.165) is 11.1 Å². The molecule has 1 N–H and O–H groups in total. The standard InChI is InChI=1S/C22H35NO/c1-15-10-8-9-11-19(15)23-14-16-12-17(21(2,3)4)13-18(20(16)24)22(5,6)7/h12-15,19,24H,8-11H2,1-7H3/b23-14+/t15-,19-/m1/s1. The van der Waals surface area contributed by atoms with E-state index in [-0.39, 0.29) is 10.8 Å². The number of nitrogens with zero attached hydrogens (tertiary/aromatic N) is 1. The molecule has 2 rings (SSSR count). The molecule has 0 saturated heterocycles. The highest BCUT2D eigenvalue weighted by Gasteiger charge is 2.25. The molecule has 2 nitrogen and oxygen atoms in total. The van der Waals surface area contributed by atoms with Crippen LogP contribution >= 0.6 is 0 Å². The molecule has 2 atom stereocenters. The van der Waals surface area contributed by atoms with Gasteiger partial charge in [-0.15, -0.1) is 0 Å². The van der Waals surface area contributed by atoms with Gasteiger partial charge in [0.1, 0.15) is 5.75 Å². The minimum absolute atomic E-state index is 0.0500. The summed E-state index contributed by atoms with van der Waals surface area (Å²) in [5.74, 6) is 1.03. The van der Waals surface area contributed by atoms with Crippen LogP contribution in [0.15, 0.2) is 17.1 Å². The topological polar surface area (TPSA) is 32.6 Å². The number of benzene rings is 1. The van der Waals surface area contributed by atoms with Crippen LogP contribution in [0.2, 0.25) is 0 Å². The summed E-state index contributed by atoms with van der Waals surface area (Å²) in [6, 6.07) is 4.67. The first-order valence-corrected chi connectivity index (χ1v) is 9.41. The first-order valence-electron chi connectivity index (χ1n) is 9.41. The molecule has 1 aliphatic carbocycles. The highest BCUT2D eigenvalue weighted by molar-refractivity contribution is 5.85. The van der Waals surface area contributed by atoms with Crippen molar-refractivity contribution in [2.24, 2.45) is 10.9 Å². The Bertz CT molecular complexity index is 602. The Kier molecular flexibility index (Phi) is 5.47. The fraction of sp³-hybridized carbons (Fsp3) is 0.682. The SMILES string of the molecule is C[C@@H]1CCCC[C@H]1/N=C/c1cc(C(C)(C)C)cc(C(C)(C)C)c1O. The summed E-state index contributed by atoms with van der Waals surface area (Å²) < 4.78 is 0. The van der Waals surface area contributed by atoms with Crippen LogP contribution in [-0.2, 0) is 10.8 Å². The Balaban J connectivity index is 2.44. The van der Waals surface area contributed by atoms with Gasteiger partial charge < -0.3 is 5.11 Å². The Morgan fingerprint density at radius 3 is 2.17 bits per heavy atom. The zero-order valence-electron chi connectivity index (χ0n) is 16.6. The first kappa shape index (κ1) is 19.0. The molecule has 1 saturated carbocycles. The van der Waals surface area contributed by atoms with Gasteiger partial charge in [0.15, 0.2) is 0 Å². The van der Waals surface area contributed by atoms with Crippen molar-refractivity contribution in [3.8, 4) is 5.75 Å². The van der Waals surface area contributed by atoms with Crippen molar-refractivity contribution in [2.75, 3.05) is 0 Å². The third kappa shape index (κ3) is 4.40. The number of hydrogen-bond acceptors (Lipinski definition) is 2. The van der Waals surface area contributed by atoms with Crippen LogP contribution in [-0.4, -0.2) is 17.4 Å². The van der Waals surface area contributed by atoms with Crippen LogP contribution in [0.4, 0.5) is 0 Å². The van der Waals surface area contributed by atoms with Crippen molar-refractivity contribution in [3.05, 3.63) is 28.8 Å². The fourth-order valence-electron chi connectivity index (χ4n) is 3.45. The van der Waals surface area contributed by atoms with Gasteiger partial charge in [-0.2, -0.15) is 0 Å². The average molecular weight is 330 g/mol. The summed E-state index contributed by atoms with van der Waals surface area (Å²) >= 11 is 0. The Morgan fingerprint density at radius 1 is 1.00 bits per heavy atom. The lowest BCUT2D eigenvalue weighted by atomic mass is 9.79. The zero-order valence-corrected chi connectivity index (χ0v) is 16.6. The van der Waals surface area contributed by atoms with Crippen LogP contribution < -0.4 is 0 Å². The quantitative estimate of drug-likeness (QED) is 0.665. The molecule has 0 amide bonds. The Hall–Kier alpha value is -1.31. The highest BCUT2D eigenvalue weighted by atomic mass is 16.3. The van der Waals surface area contributed by atoms with Gasteiger partial charge in [-0.1, -0.05) is 67.4 Å². The van der Waals surface area contributed by atoms with E-state index in [9.17, 15) is 5.11 Å². The van der Waals surface area contributed by atoms with Crippen molar-refractivity contribution < 1.29 is 5.11 Å². The van der Waals surface area contributed by atoms with E-state index in [1.165, 1.54) is 31.2 Å². The summed E-state index contributed by atoms with van der Waals surface area (Å²) in [7, 11) is 0. The van der Waals surface area contributed by atoms with Gasteiger partial charge in [0.25, 0.3) is 0 Å². The molecule has 0 aromatic heterocycles. The van der Waals surface area contributed by atoms with E-state index < -0.39 is 0 Å². The lowest BCUT2D eigenvalue weighted by molar-refractivity contribution is 0.333. The molecule has 0 heterocycles. The van der Waals surface area contributed by atoms with Gasteiger partial charge in [-0.3, -0.25) is 4.99 Å². The molecule has 1 aromatic carbocycles. The second-order valence-corrected chi connectivity index (χ2v) is 9.57. The predicted octanol–water partition coefficient (Wildman–Crippen LogP) is 5.98. The molecule has 0 aliphatic heterocycles. The van der Waals surface area contributed by atoms with E-state index in [1.807, 2.05) is 6.21 Å². The second-order valence-electron chi connectivity index (χ2n) is 9.57. The van der Waals surface area contributed by atoms with E-state index in [1.54, 1.807) is 0 Å². The molecule has 1 fully saturated rings. The molecular weight excluding hydrogens is 294 g/mol. The summed E-state index contributed by atoms with van der Waals surface area (Å²) in [4.78, 5) is 4.86. The van der Waals surface area contributed by atoms with Gasteiger partial charge in [-0.25, -0.2) is 0 Å². The van der Waals surface area contributed by atoms with Crippen molar-refractivity contribution in [2.45, 2.75) is 91.0 Å². The minimum atomic E-state index is -0.0912. The molecule has 0 radical (unpaired) electrons. The predicted molar refractivity (Wildman–Crippen MR) is 105 cm³/mol. The normalized spacial score (nSPS) is 23.0. The number of phenols is 1. The maximum atomic E-state index is 10.8. The molecule has 24 heavy (non-hydrogen) atoms. The Morgan fingerprint density at radius 2 is 1.62 bits per heavy atom. The summed E-state index contributed by atoms with van der Waals surface area (Å²) in [6.07, 6.45) is 6.96. The molecule has 2 heteroatoms. The third-order valence-corrected chi connectivity index (χ3v) is 5.28. The van der Waals surface area contributed by atoms with E-state index in [0.29, 0.717) is 17.7 Å². The third-order valence-electron chi connectivity index (χ3n) is 5.28. The van der Waals surface area contributed by atoms with E-state index in [4.69, 9.17) is 4.99 Å². The maximum absolute atomic E-state index is 10.8. The summed E-state index contributed by atoms with van der Waals surface area (Å²) in [6.45, 7) is 15.4. The Labute approximate surface area is 148 Å².